The topological polar surface area (TPSA) is 169 Å². The number of nitrogens with two attached hydrogens (primary N) is 1. The first-order valence-electron chi connectivity index (χ1n) is 11.7. The minimum Gasteiger partial charge on any atom is -0.479 e. The predicted molar refractivity (Wildman–Crippen MR) is 137 cm³/mol. The molecule has 0 saturated heterocycles. The molecular weight excluding hydrogens is 478 g/mol. The van der Waals surface area contributed by atoms with Gasteiger partial charge < -0.3 is 25.6 Å². The van der Waals surface area contributed by atoms with Crippen LogP contribution in [0.3, 0.4) is 0 Å². The Balaban J connectivity index is 1.75. The molecule has 1 unspecified atom stereocenters. The lowest BCUT2D eigenvalue weighted by atomic mass is 10.1. The van der Waals surface area contributed by atoms with Crippen LogP contribution in [0, 0.1) is 5.41 Å². The molecule has 0 bridgehead atoms. The van der Waals surface area contributed by atoms with Crippen LogP contribution in [0.25, 0.3) is 6.08 Å². The summed E-state index contributed by atoms with van der Waals surface area (Å²) in [5, 5.41) is 18.9. The van der Waals surface area contributed by atoms with E-state index in [1.54, 1.807) is 61.5 Å². The molecule has 10 heteroatoms. The van der Waals surface area contributed by atoms with Crippen molar-refractivity contribution in [2.75, 3.05) is 6.54 Å². The molecule has 0 aromatic heterocycles. The van der Waals surface area contributed by atoms with E-state index in [0.29, 0.717) is 48.3 Å². The highest BCUT2D eigenvalue weighted by Crippen LogP contribution is 2.15. The van der Waals surface area contributed by atoms with E-state index in [0.717, 1.165) is 5.56 Å². The maximum Gasteiger partial charge on any atom is 0.344 e. The fourth-order valence-electron chi connectivity index (χ4n) is 3.12. The molecule has 0 aliphatic heterocycles. The number of nitrogen functional groups attached to an aromatic ring is 1. The number of amides is 1. The van der Waals surface area contributed by atoms with E-state index in [4.69, 9.17) is 25.7 Å². The number of carboxylic acids is 1. The quantitative estimate of drug-likeness (QED) is 0.0796. The van der Waals surface area contributed by atoms with Gasteiger partial charge in [0.2, 0.25) is 5.91 Å². The number of amidine groups is 1. The number of unbranched alkanes of at least 4 members (excludes halogenated alkanes) is 2. The summed E-state index contributed by atoms with van der Waals surface area (Å²) in [6, 6.07) is 12.9. The number of esters is 2. The first-order chi connectivity index (χ1) is 17.6. The summed E-state index contributed by atoms with van der Waals surface area (Å²) in [6.07, 6.45) is 2.54. The maximum absolute atomic E-state index is 12.4. The Hall–Kier alpha value is -4.47. The zero-order valence-corrected chi connectivity index (χ0v) is 20.8. The summed E-state index contributed by atoms with van der Waals surface area (Å²) in [7, 11) is 0. The highest BCUT2D eigenvalue weighted by molar-refractivity contribution is 5.97. The summed E-state index contributed by atoms with van der Waals surface area (Å²) in [5.41, 5.74) is 7.52. The number of carbonyl (C=O) groups is 4. The van der Waals surface area contributed by atoms with Gasteiger partial charge in [-0.05, 0) is 74.7 Å². The van der Waals surface area contributed by atoms with Gasteiger partial charge in [-0.25, -0.2) is 9.59 Å². The van der Waals surface area contributed by atoms with Crippen molar-refractivity contribution >= 4 is 35.7 Å². The lowest BCUT2D eigenvalue weighted by Gasteiger charge is -2.09. The minimum absolute atomic E-state index is 0.0739. The molecule has 10 nitrogen and oxygen atoms in total. The lowest BCUT2D eigenvalue weighted by molar-refractivity contribution is -0.162. The first-order valence-corrected chi connectivity index (χ1v) is 11.7. The van der Waals surface area contributed by atoms with Crippen LogP contribution in [-0.4, -0.2) is 47.4 Å². The number of aliphatic carboxylic acids is 1. The maximum atomic E-state index is 12.4. The van der Waals surface area contributed by atoms with E-state index in [2.05, 4.69) is 5.32 Å². The number of hydrogen-bond donors (Lipinski definition) is 4. The van der Waals surface area contributed by atoms with Gasteiger partial charge >= 0.3 is 17.9 Å². The molecule has 0 fully saturated rings. The van der Waals surface area contributed by atoms with Crippen LogP contribution in [0.4, 0.5) is 0 Å². The van der Waals surface area contributed by atoms with E-state index in [1.165, 1.54) is 6.92 Å². The Morgan fingerprint density at radius 2 is 1.62 bits per heavy atom. The van der Waals surface area contributed by atoms with Crippen molar-refractivity contribution in [3.05, 3.63) is 70.8 Å². The Morgan fingerprint density at radius 3 is 2.22 bits per heavy atom. The number of carbonyl (C=O) groups excluding carboxylic acids is 3. The monoisotopic (exact) mass is 509 g/mol. The molecule has 0 heterocycles. The van der Waals surface area contributed by atoms with E-state index >= 15 is 0 Å². The smallest absolute Gasteiger partial charge is 0.344 e. The van der Waals surface area contributed by atoms with Crippen LogP contribution < -0.4 is 15.8 Å². The SMILES string of the molecule is CC(=Cc1ccc(C(=O)Oc2ccc(C(=N)N)cc2)cc1)C(=O)NCCCCCC(=O)OC(C)C(=O)O. The van der Waals surface area contributed by atoms with Gasteiger partial charge in [-0.2, -0.15) is 0 Å². The number of carboxylic acid groups (broad SMARTS) is 1. The van der Waals surface area contributed by atoms with E-state index in [1.807, 2.05) is 0 Å². The summed E-state index contributed by atoms with van der Waals surface area (Å²) >= 11 is 0. The third-order valence-electron chi connectivity index (χ3n) is 5.26. The van der Waals surface area contributed by atoms with E-state index in [9.17, 15) is 19.2 Å². The third kappa shape index (κ3) is 9.96. The van der Waals surface area contributed by atoms with Crippen molar-refractivity contribution in [1.82, 2.24) is 5.32 Å². The van der Waals surface area contributed by atoms with Gasteiger partial charge in [0.1, 0.15) is 11.6 Å². The molecule has 0 radical (unpaired) electrons. The molecule has 1 amide bonds. The van der Waals surface area contributed by atoms with Crippen LogP contribution in [0.2, 0.25) is 0 Å². The molecule has 0 aliphatic carbocycles. The summed E-state index contributed by atoms with van der Waals surface area (Å²) in [6.45, 7) is 3.41. The van der Waals surface area contributed by atoms with Crippen molar-refractivity contribution in [2.45, 2.75) is 45.6 Å². The van der Waals surface area contributed by atoms with Crippen LogP contribution in [0.15, 0.2) is 54.1 Å². The van der Waals surface area contributed by atoms with Gasteiger partial charge in [0.15, 0.2) is 6.10 Å². The van der Waals surface area contributed by atoms with Crippen LogP contribution in [-0.2, 0) is 19.1 Å². The summed E-state index contributed by atoms with van der Waals surface area (Å²) in [4.78, 5) is 46.9. The molecule has 2 rings (SSSR count). The highest BCUT2D eigenvalue weighted by atomic mass is 16.6. The van der Waals surface area contributed by atoms with Crippen molar-refractivity contribution in [3.8, 4) is 5.75 Å². The molecule has 2 aromatic rings. The second-order valence-corrected chi connectivity index (χ2v) is 8.31. The van der Waals surface area contributed by atoms with E-state index in [-0.39, 0.29) is 18.2 Å². The molecule has 0 aliphatic rings. The van der Waals surface area contributed by atoms with Crippen molar-refractivity contribution < 1.29 is 33.8 Å². The highest BCUT2D eigenvalue weighted by Gasteiger charge is 2.15. The van der Waals surface area contributed by atoms with Crippen molar-refractivity contribution in [1.29, 1.82) is 5.41 Å². The van der Waals surface area contributed by atoms with Gasteiger partial charge in [-0.3, -0.25) is 15.0 Å². The third-order valence-corrected chi connectivity index (χ3v) is 5.26. The van der Waals surface area contributed by atoms with Gasteiger partial charge in [0.25, 0.3) is 0 Å². The fraction of sp³-hybridized carbons (Fsp3) is 0.296. The van der Waals surface area contributed by atoms with Crippen molar-refractivity contribution in [2.24, 2.45) is 5.73 Å². The average molecular weight is 510 g/mol. The molecular formula is C27H31N3O7. The molecule has 0 spiro atoms. The summed E-state index contributed by atoms with van der Waals surface area (Å²) < 4.78 is 10.1. The number of hydrogen-bond acceptors (Lipinski definition) is 7. The second kappa shape index (κ2) is 14.2. The first kappa shape index (κ1) is 28.8. The average Bonchev–Trinajstić information content (AvgIpc) is 2.86. The number of nitrogens with one attached hydrogen (secondary N) is 2. The van der Waals surface area contributed by atoms with Gasteiger partial charge in [-0.15, -0.1) is 0 Å². The zero-order valence-electron chi connectivity index (χ0n) is 20.8. The van der Waals surface area contributed by atoms with Crippen LogP contribution >= 0.6 is 0 Å². The van der Waals surface area contributed by atoms with Crippen LogP contribution in [0.1, 0.15) is 61.0 Å². The standard InChI is InChI=1S/C27H31N3O7/c1-17(25(32)30-15-5-3-4-6-23(31)36-18(2)26(33)34)16-19-7-9-21(10-8-19)27(35)37-22-13-11-20(12-14-22)24(28)29/h7-14,16,18H,3-6,15H2,1-2H3,(H3,28,29)(H,30,32)(H,33,34). The largest absolute Gasteiger partial charge is 0.479 e. The predicted octanol–water partition coefficient (Wildman–Crippen LogP) is 3.29. The van der Waals surface area contributed by atoms with E-state index < -0.39 is 24.0 Å². The molecule has 1 atom stereocenters. The van der Waals surface area contributed by atoms with Gasteiger partial charge in [0.05, 0.1) is 5.56 Å². The Bertz CT molecular complexity index is 1160. The van der Waals surface area contributed by atoms with Crippen LogP contribution in [0.5, 0.6) is 5.75 Å². The molecule has 37 heavy (non-hydrogen) atoms. The zero-order chi connectivity index (χ0) is 27.4. The van der Waals surface area contributed by atoms with Gasteiger partial charge in [0, 0.05) is 24.1 Å². The molecule has 0 saturated carbocycles. The lowest BCUT2D eigenvalue weighted by Crippen LogP contribution is -2.25. The summed E-state index contributed by atoms with van der Waals surface area (Å²) in [5.74, 6) is -2.25. The number of ether oxygens (including phenoxy) is 2. The minimum atomic E-state index is -1.19. The molecule has 5 N–H and O–H groups in total. The fourth-order valence-corrected chi connectivity index (χ4v) is 3.12. The number of rotatable bonds is 13. The Kier molecular flexibility index (Phi) is 11.0. The second-order valence-electron chi connectivity index (χ2n) is 8.31. The normalized spacial score (nSPS) is 11.8. The molecule has 196 valence electrons. The number of benzene rings is 2. The molecule has 2 aromatic carbocycles. The van der Waals surface area contributed by atoms with Gasteiger partial charge in [-0.1, -0.05) is 18.6 Å². The van der Waals surface area contributed by atoms with Crippen molar-refractivity contribution in [3.63, 3.8) is 0 Å². The Morgan fingerprint density at radius 1 is 1.00 bits per heavy atom. The Labute approximate surface area is 215 Å².